The number of nitrogens with zero attached hydrogens (tertiary/aromatic N) is 1. The van der Waals surface area contributed by atoms with Crippen LogP contribution in [-0.4, -0.2) is 34.9 Å². The summed E-state index contributed by atoms with van der Waals surface area (Å²) in [6.07, 6.45) is 6.42. The summed E-state index contributed by atoms with van der Waals surface area (Å²) in [6.45, 7) is 5.85. The Morgan fingerprint density at radius 3 is 3.14 bits per heavy atom. The first-order valence-corrected chi connectivity index (χ1v) is 8.33. The third kappa shape index (κ3) is 1.88. The van der Waals surface area contributed by atoms with E-state index in [4.69, 9.17) is 0 Å². The zero-order valence-corrected chi connectivity index (χ0v) is 12.9. The van der Waals surface area contributed by atoms with Crippen molar-refractivity contribution in [2.24, 2.45) is 5.92 Å². The molecule has 0 spiro atoms. The van der Waals surface area contributed by atoms with Gasteiger partial charge in [0.2, 0.25) is 0 Å². The number of hydrogen-bond acceptors (Lipinski definition) is 3. The maximum atomic E-state index is 12.2. The lowest BCUT2D eigenvalue weighted by molar-refractivity contribution is -0.127. The summed E-state index contributed by atoms with van der Waals surface area (Å²) in [7, 11) is 0. The van der Waals surface area contributed by atoms with Crippen molar-refractivity contribution >= 4 is 5.78 Å². The Labute approximate surface area is 131 Å². The largest absolute Gasteiger partial charge is 0.508 e. The highest BCUT2D eigenvalue weighted by Gasteiger charge is 2.55. The molecule has 116 valence electrons. The third-order valence-corrected chi connectivity index (χ3v) is 6.16. The summed E-state index contributed by atoms with van der Waals surface area (Å²) in [4.78, 5) is 14.8. The van der Waals surface area contributed by atoms with Crippen LogP contribution in [0.1, 0.15) is 36.8 Å². The van der Waals surface area contributed by atoms with Crippen LogP contribution in [0, 0.1) is 5.92 Å². The minimum Gasteiger partial charge on any atom is -0.508 e. The number of ketones is 1. The molecule has 1 saturated heterocycles. The minimum atomic E-state index is -0.0377. The molecule has 1 N–H and O–H groups in total. The van der Waals surface area contributed by atoms with E-state index in [1.54, 1.807) is 6.07 Å². The molecule has 1 heterocycles. The highest BCUT2D eigenvalue weighted by molar-refractivity contribution is 5.81. The molecule has 0 radical (unpaired) electrons. The maximum absolute atomic E-state index is 12.2. The van der Waals surface area contributed by atoms with Gasteiger partial charge in [0.15, 0.2) is 0 Å². The Morgan fingerprint density at radius 1 is 1.45 bits per heavy atom. The second-order valence-electron chi connectivity index (χ2n) is 7.16. The zero-order valence-electron chi connectivity index (χ0n) is 12.9. The van der Waals surface area contributed by atoms with Crippen molar-refractivity contribution in [3.8, 4) is 5.75 Å². The van der Waals surface area contributed by atoms with Crippen LogP contribution < -0.4 is 0 Å². The number of likely N-dealkylation sites (tertiary alicyclic amines) is 1. The molecule has 0 amide bonds. The van der Waals surface area contributed by atoms with Gasteiger partial charge in [-0.15, -0.1) is 6.58 Å². The fraction of sp³-hybridized carbons (Fsp3) is 0.526. The van der Waals surface area contributed by atoms with E-state index in [2.05, 4.69) is 17.5 Å². The number of hydrogen-bond donors (Lipinski definition) is 1. The average molecular weight is 297 g/mol. The van der Waals surface area contributed by atoms with Crippen LogP contribution in [0.4, 0.5) is 0 Å². The van der Waals surface area contributed by atoms with E-state index < -0.39 is 0 Å². The number of phenols is 1. The van der Waals surface area contributed by atoms with Gasteiger partial charge in [0.25, 0.3) is 0 Å². The number of carbonyl (C=O) groups is 1. The molecule has 2 bridgehead atoms. The van der Waals surface area contributed by atoms with Crippen LogP contribution in [0.25, 0.3) is 0 Å². The molecule has 0 unspecified atom stereocenters. The number of benzene rings is 1. The molecule has 4 rings (SSSR count). The Kier molecular flexibility index (Phi) is 3.15. The molecule has 2 aliphatic carbocycles. The van der Waals surface area contributed by atoms with Crippen LogP contribution in [0.5, 0.6) is 5.75 Å². The Bertz CT molecular complexity index is 638. The number of fused-ring (bicyclic) bond motifs is 1. The van der Waals surface area contributed by atoms with Crippen LogP contribution in [0.3, 0.4) is 0 Å². The van der Waals surface area contributed by atoms with E-state index in [9.17, 15) is 9.90 Å². The average Bonchev–Trinajstić information content (AvgIpc) is 2.50. The van der Waals surface area contributed by atoms with Gasteiger partial charge in [-0.05, 0) is 55.0 Å². The topological polar surface area (TPSA) is 40.5 Å². The van der Waals surface area contributed by atoms with E-state index in [0.29, 0.717) is 29.9 Å². The molecule has 3 atom stereocenters. The van der Waals surface area contributed by atoms with Crippen molar-refractivity contribution in [3.63, 3.8) is 0 Å². The molecule has 3 nitrogen and oxygen atoms in total. The third-order valence-electron chi connectivity index (χ3n) is 6.16. The molecule has 22 heavy (non-hydrogen) atoms. The lowest BCUT2D eigenvalue weighted by atomic mass is 9.52. The first-order chi connectivity index (χ1) is 10.6. The van der Waals surface area contributed by atoms with Crippen LogP contribution >= 0.6 is 0 Å². The molecule has 1 aromatic rings. The number of rotatable bonds is 2. The summed E-state index contributed by atoms with van der Waals surface area (Å²) in [6, 6.07) is 6.29. The number of phenolic OH excluding ortho intramolecular Hbond substituents is 1. The standard InChI is InChI=1S/C19H23NO2/c1-2-8-20-9-7-19-12-15(22)5-6-16(19)18(20)10-13-3-4-14(21)11-17(13)19/h2-4,11,16,18,21H,1,5-10,12H2/t16-,18+,19-/m0/s1. The van der Waals surface area contributed by atoms with Crippen LogP contribution in [0.15, 0.2) is 30.9 Å². The van der Waals surface area contributed by atoms with E-state index in [0.717, 1.165) is 38.8 Å². The second-order valence-corrected chi connectivity index (χ2v) is 7.16. The summed E-state index contributed by atoms with van der Waals surface area (Å²) >= 11 is 0. The van der Waals surface area contributed by atoms with Gasteiger partial charge in [0.1, 0.15) is 11.5 Å². The molecule has 3 aliphatic rings. The maximum Gasteiger partial charge on any atom is 0.133 e. The van der Waals surface area contributed by atoms with Gasteiger partial charge in [-0.3, -0.25) is 9.69 Å². The summed E-state index contributed by atoms with van der Waals surface area (Å²) in [5.41, 5.74) is 2.53. The Balaban J connectivity index is 1.85. The zero-order chi connectivity index (χ0) is 15.3. The van der Waals surface area contributed by atoms with Gasteiger partial charge in [-0.2, -0.15) is 0 Å². The van der Waals surface area contributed by atoms with Gasteiger partial charge >= 0.3 is 0 Å². The van der Waals surface area contributed by atoms with Crippen molar-refractivity contribution in [2.75, 3.05) is 13.1 Å². The predicted octanol–water partition coefficient (Wildman–Crippen LogP) is 2.82. The Morgan fingerprint density at radius 2 is 2.32 bits per heavy atom. The minimum absolute atomic E-state index is 0.0377. The van der Waals surface area contributed by atoms with Gasteiger partial charge in [-0.25, -0.2) is 0 Å². The number of Topliss-reactive ketones (excluding diaryl/α,β-unsaturated/α-hetero) is 1. The molecule has 1 aliphatic heterocycles. The Hall–Kier alpha value is -1.61. The summed E-state index contributed by atoms with van der Waals surface area (Å²) in [5.74, 6) is 1.26. The van der Waals surface area contributed by atoms with Crippen LogP contribution in [0.2, 0.25) is 0 Å². The molecule has 0 aromatic heterocycles. The first kappa shape index (κ1) is 14.0. The van der Waals surface area contributed by atoms with E-state index in [-0.39, 0.29) is 5.41 Å². The monoisotopic (exact) mass is 297 g/mol. The first-order valence-electron chi connectivity index (χ1n) is 8.33. The van der Waals surface area contributed by atoms with Crippen LogP contribution in [-0.2, 0) is 16.6 Å². The summed E-state index contributed by atoms with van der Waals surface area (Å²) in [5, 5.41) is 9.97. The van der Waals surface area contributed by atoms with Crippen molar-refractivity contribution in [1.29, 1.82) is 0 Å². The number of piperidine rings is 1. The lowest BCUT2D eigenvalue weighted by Crippen LogP contribution is -2.61. The molecular weight excluding hydrogens is 274 g/mol. The highest BCUT2D eigenvalue weighted by Crippen LogP contribution is 2.55. The van der Waals surface area contributed by atoms with Crippen molar-refractivity contribution in [3.05, 3.63) is 42.0 Å². The normalized spacial score (nSPS) is 33.9. The fourth-order valence-electron chi connectivity index (χ4n) is 5.29. The molecule has 1 aromatic carbocycles. The van der Waals surface area contributed by atoms with Crippen molar-refractivity contribution in [1.82, 2.24) is 4.90 Å². The van der Waals surface area contributed by atoms with Crippen molar-refractivity contribution < 1.29 is 9.90 Å². The predicted molar refractivity (Wildman–Crippen MR) is 86.0 cm³/mol. The highest BCUT2D eigenvalue weighted by atomic mass is 16.3. The SMILES string of the molecule is C=CCN1CC[C@]23CC(=O)CC[C@H]2[C@H]1Cc1ccc(O)cc13. The second kappa shape index (κ2) is 4.95. The van der Waals surface area contributed by atoms with E-state index in [1.165, 1.54) is 11.1 Å². The number of aromatic hydroxyl groups is 1. The fourth-order valence-corrected chi connectivity index (χ4v) is 5.29. The quantitative estimate of drug-likeness (QED) is 0.853. The van der Waals surface area contributed by atoms with E-state index >= 15 is 0 Å². The van der Waals surface area contributed by atoms with Gasteiger partial charge in [0, 0.05) is 30.8 Å². The smallest absolute Gasteiger partial charge is 0.133 e. The summed E-state index contributed by atoms with van der Waals surface area (Å²) < 4.78 is 0. The van der Waals surface area contributed by atoms with Gasteiger partial charge < -0.3 is 5.11 Å². The lowest BCUT2D eigenvalue weighted by Gasteiger charge is -2.58. The molecule has 3 heteroatoms. The van der Waals surface area contributed by atoms with Crippen molar-refractivity contribution in [2.45, 2.75) is 43.6 Å². The van der Waals surface area contributed by atoms with Gasteiger partial charge in [-0.1, -0.05) is 12.1 Å². The molecule has 1 saturated carbocycles. The van der Waals surface area contributed by atoms with Gasteiger partial charge in [0.05, 0.1) is 0 Å². The van der Waals surface area contributed by atoms with E-state index in [1.807, 2.05) is 12.1 Å². The number of carbonyl (C=O) groups excluding carboxylic acids is 1. The molecular formula is C19H23NO2. The molecule has 2 fully saturated rings.